The second-order valence-corrected chi connectivity index (χ2v) is 14.3. The highest BCUT2D eigenvalue weighted by molar-refractivity contribution is 6.69. The molecule has 2 saturated heterocycles. The molecule has 2 fully saturated rings. The van der Waals surface area contributed by atoms with Gasteiger partial charge in [-0.05, 0) is 25.6 Å². The quantitative estimate of drug-likeness (QED) is 0.456. The number of aliphatic hydroxyl groups excluding tert-OH is 1. The molecule has 1 N–H and O–H groups in total. The zero-order valence-electron chi connectivity index (χ0n) is 17.0. The van der Waals surface area contributed by atoms with Crippen molar-refractivity contribution < 1.29 is 23.7 Å². The molecule has 9 heteroatoms. The minimum atomic E-state index is -1.82. The van der Waals surface area contributed by atoms with E-state index in [-0.39, 0.29) is 47.8 Å². The Morgan fingerprint density at radius 1 is 1.07 bits per heavy atom. The van der Waals surface area contributed by atoms with Crippen molar-refractivity contribution in [2.45, 2.75) is 76.2 Å². The number of halogens is 3. The van der Waals surface area contributed by atoms with Crippen molar-refractivity contribution in [3.63, 3.8) is 0 Å². The van der Waals surface area contributed by atoms with Crippen molar-refractivity contribution in [2.75, 3.05) is 18.4 Å². The monoisotopic (exact) mass is 462 g/mol. The maximum absolute atomic E-state index is 9.61. The van der Waals surface area contributed by atoms with Crippen LogP contribution in [0, 0.1) is 17.8 Å². The van der Waals surface area contributed by atoms with Crippen LogP contribution in [0.3, 0.4) is 0 Å². The molecule has 27 heavy (non-hydrogen) atoms. The maximum Gasteiger partial charge on any atom is 0.190 e. The Morgan fingerprint density at radius 2 is 1.70 bits per heavy atom. The van der Waals surface area contributed by atoms with E-state index in [0.717, 1.165) is 0 Å². The van der Waals surface area contributed by atoms with Gasteiger partial charge in [0, 0.05) is 11.8 Å². The summed E-state index contributed by atoms with van der Waals surface area (Å²) in [6, 6.07) is 0. The van der Waals surface area contributed by atoms with Crippen molar-refractivity contribution in [2.24, 2.45) is 17.8 Å². The molecule has 2 aliphatic rings. The summed E-state index contributed by atoms with van der Waals surface area (Å²) in [6.07, 6.45) is -1.59. The summed E-state index contributed by atoms with van der Waals surface area (Å²) in [4.78, 5) is 0. The Hall–Kier alpha value is 0.887. The third kappa shape index (κ3) is 5.15. The van der Waals surface area contributed by atoms with Gasteiger partial charge in [-0.25, -0.2) is 0 Å². The topological polar surface area (TPSA) is 57.2 Å². The summed E-state index contributed by atoms with van der Waals surface area (Å²) in [6.45, 7) is 12.3. The maximum atomic E-state index is 9.61. The van der Waals surface area contributed by atoms with Crippen molar-refractivity contribution in [3.05, 3.63) is 0 Å². The van der Waals surface area contributed by atoms with Crippen LogP contribution in [0.25, 0.3) is 0 Å². The molecule has 0 aromatic heterocycles. The SMILES string of the molecule is CC1[C@@H](O[C@]2(CCl)O[C@H](CCl)C(O[Si](C)(C)C)[C@H]2C)OC(CO)[C@H](Cl)[C@@H]1C. The van der Waals surface area contributed by atoms with Gasteiger partial charge in [-0.3, -0.25) is 0 Å². The zero-order chi connectivity index (χ0) is 20.6. The predicted octanol–water partition coefficient (Wildman–Crippen LogP) is 4.03. The second-order valence-electron chi connectivity index (χ2n) is 8.75. The van der Waals surface area contributed by atoms with E-state index in [9.17, 15) is 5.11 Å². The van der Waals surface area contributed by atoms with Gasteiger partial charge in [-0.15, -0.1) is 34.8 Å². The molecule has 9 atom stereocenters. The summed E-state index contributed by atoms with van der Waals surface area (Å²) in [5.74, 6) is -0.659. The molecule has 160 valence electrons. The van der Waals surface area contributed by atoms with Crippen LogP contribution in [-0.4, -0.2) is 67.6 Å². The lowest BCUT2D eigenvalue weighted by Gasteiger charge is -2.45. The second kappa shape index (κ2) is 9.35. The molecular weight excluding hydrogens is 431 g/mol. The van der Waals surface area contributed by atoms with Crippen LogP contribution in [0.4, 0.5) is 0 Å². The van der Waals surface area contributed by atoms with E-state index >= 15 is 0 Å². The molecule has 0 aromatic rings. The Labute approximate surface area is 179 Å². The van der Waals surface area contributed by atoms with E-state index in [0.29, 0.717) is 5.88 Å². The molecule has 0 amide bonds. The molecule has 3 unspecified atom stereocenters. The Balaban J connectivity index is 2.23. The minimum absolute atomic E-state index is 0.0117. The Kier molecular flexibility index (Phi) is 8.37. The average Bonchev–Trinajstić information content (AvgIpc) is 2.86. The van der Waals surface area contributed by atoms with Crippen LogP contribution in [0.5, 0.6) is 0 Å². The van der Waals surface area contributed by atoms with Crippen LogP contribution in [0.1, 0.15) is 20.8 Å². The molecule has 5 nitrogen and oxygen atoms in total. The number of hydrogen-bond acceptors (Lipinski definition) is 5. The molecule has 0 bridgehead atoms. The molecule has 2 rings (SSSR count). The van der Waals surface area contributed by atoms with Gasteiger partial charge >= 0.3 is 0 Å². The first kappa shape index (κ1) is 24.2. The van der Waals surface area contributed by atoms with E-state index in [1.54, 1.807) is 0 Å². The first-order valence-corrected chi connectivity index (χ1v) is 14.5. The van der Waals surface area contributed by atoms with E-state index in [4.69, 9.17) is 53.4 Å². The van der Waals surface area contributed by atoms with Gasteiger partial charge in [0.25, 0.3) is 0 Å². The summed E-state index contributed by atoms with van der Waals surface area (Å²) in [5.41, 5.74) is 0. The van der Waals surface area contributed by atoms with Crippen LogP contribution < -0.4 is 0 Å². The van der Waals surface area contributed by atoms with Crippen LogP contribution >= 0.6 is 34.8 Å². The minimum Gasteiger partial charge on any atom is -0.412 e. The number of aliphatic hydroxyl groups is 1. The number of ether oxygens (including phenoxy) is 3. The van der Waals surface area contributed by atoms with Gasteiger partial charge in [0.1, 0.15) is 6.10 Å². The summed E-state index contributed by atoms with van der Waals surface area (Å²) in [7, 11) is -1.82. The highest BCUT2D eigenvalue weighted by Crippen LogP contribution is 2.45. The van der Waals surface area contributed by atoms with Gasteiger partial charge in [-0.2, -0.15) is 0 Å². The first-order chi connectivity index (χ1) is 12.5. The average molecular weight is 464 g/mol. The number of hydrogen-bond donors (Lipinski definition) is 1. The van der Waals surface area contributed by atoms with E-state index in [1.165, 1.54) is 0 Å². The van der Waals surface area contributed by atoms with Crippen molar-refractivity contribution >= 4 is 43.1 Å². The van der Waals surface area contributed by atoms with Crippen molar-refractivity contribution in [1.29, 1.82) is 0 Å². The molecular formula is C18H33Cl3O5Si. The third-order valence-corrected chi connectivity index (χ3v) is 7.99. The lowest BCUT2D eigenvalue weighted by molar-refractivity contribution is -0.338. The molecule has 0 aromatic carbocycles. The van der Waals surface area contributed by atoms with Crippen molar-refractivity contribution in [1.82, 2.24) is 0 Å². The van der Waals surface area contributed by atoms with Crippen LogP contribution in [0.2, 0.25) is 19.6 Å². The van der Waals surface area contributed by atoms with Crippen LogP contribution in [0.15, 0.2) is 0 Å². The van der Waals surface area contributed by atoms with Gasteiger partial charge in [0.05, 0.1) is 36.0 Å². The van der Waals surface area contributed by atoms with E-state index in [2.05, 4.69) is 19.6 Å². The summed E-state index contributed by atoms with van der Waals surface area (Å²) in [5, 5.41) is 9.33. The highest BCUT2D eigenvalue weighted by Gasteiger charge is 2.57. The van der Waals surface area contributed by atoms with Crippen molar-refractivity contribution in [3.8, 4) is 0 Å². The fraction of sp³-hybridized carbons (Fsp3) is 1.00. The normalized spacial score (nSPS) is 46.0. The number of alkyl halides is 3. The third-order valence-electron chi connectivity index (χ3n) is 5.65. The molecule has 0 aliphatic carbocycles. The zero-order valence-corrected chi connectivity index (χ0v) is 20.2. The molecule has 0 saturated carbocycles. The van der Waals surface area contributed by atoms with E-state index < -0.39 is 26.5 Å². The standard InChI is InChI=1S/C18H33Cl3O5Si/c1-10-11(2)17(23-14(8-22)15(10)21)25-18(9-20)12(3)16(13(7-19)24-18)26-27(4,5)6/h10-17,22H,7-9H2,1-6H3/t10-,11?,12-,13-,14?,15-,16?,17-,18+/m1/s1. The van der Waals surface area contributed by atoms with Gasteiger partial charge in [0.15, 0.2) is 20.4 Å². The van der Waals surface area contributed by atoms with E-state index in [1.807, 2.05) is 20.8 Å². The Morgan fingerprint density at radius 3 is 2.19 bits per heavy atom. The number of rotatable bonds is 7. The van der Waals surface area contributed by atoms with Gasteiger partial charge < -0.3 is 23.7 Å². The molecule has 2 heterocycles. The Bertz CT molecular complexity index is 492. The van der Waals surface area contributed by atoms with Gasteiger partial charge in [-0.1, -0.05) is 20.8 Å². The fourth-order valence-electron chi connectivity index (χ4n) is 3.75. The summed E-state index contributed by atoms with van der Waals surface area (Å²) >= 11 is 18.9. The van der Waals surface area contributed by atoms with Gasteiger partial charge in [0.2, 0.25) is 0 Å². The molecule has 2 aliphatic heterocycles. The lowest BCUT2D eigenvalue weighted by atomic mass is 9.86. The fourth-order valence-corrected chi connectivity index (χ4v) is 5.90. The first-order valence-electron chi connectivity index (χ1n) is 9.55. The summed E-state index contributed by atoms with van der Waals surface area (Å²) < 4.78 is 24.9. The molecule has 0 radical (unpaired) electrons. The van der Waals surface area contributed by atoms with Crippen LogP contribution in [-0.2, 0) is 18.6 Å². The lowest BCUT2D eigenvalue weighted by Crippen LogP contribution is -2.54. The smallest absolute Gasteiger partial charge is 0.190 e. The largest absolute Gasteiger partial charge is 0.412 e. The molecule has 0 spiro atoms. The highest BCUT2D eigenvalue weighted by atomic mass is 35.5. The predicted molar refractivity (Wildman–Crippen MR) is 111 cm³/mol.